The van der Waals surface area contributed by atoms with Crippen molar-refractivity contribution in [3.8, 4) is 0 Å². The summed E-state index contributed by atoms with van der Waals surface area (Å²) in [5.41, 5.74) is 1.74. The van der Waals surface area contributed by atoms with E-state index in [2.05, 4.69) is 29.7 Å². The molecule has 0 radical (unpaired) electrons. The molecular formula is C12H18N2O. The quantitative estimate of drug-likeness (QED) is 0.694. The number of aliphatic hydroxyl groups is 1. The zero-order chi connectivity index (χ0) is 10.7. The minimum atomic E-state index is -0.578. The summed E-state index contributed by atoms with van der Waals surface area (Å²) in [4.78, 5) is 0. The van der Waals surface area contributed by atoms with Gasteiger partial charge in [-0.1, -0.05) is 17.7 Å². The van der Waals surface area contributed by atoms with Crippen molar-refractivity contribution in [3.05, 3.63) is 29.8 Å². The van der Waals surface area contributed by atoms with Crippen molar-refractivity contribution in [2.24, 2.45) is 0 Å². The van der Waals surface area contributed by atoms with Crippen LogP contribution in [0.25, 0.3) is 0 Å². The summed E-state index contributed by atoms with van der Waals surface area (Å²) >= 11 is 0. The lowest BCUT2D eigenvalue weighted by atomic mass is 10.0. The molecule has 0 amide bonds. The molecule has 1 aromatic rings. The Hall–Kier alpha value is -1.06. The Kier molecular flexibility index (Phi) is 2.93. The highest BCUT2D eigenvalue weighted by Crippen LogP contribution is 2.16. The zero-order valence-corrected chi connectivity index (χ0v) is 9.09. The fourth-order valence-corrected chi connectivity index (χ4v) is 1.82. The molecule has 1 fully saturated rings. The van der Waals surface area contributed by atoms with E-state index in [0.29, 0.717) is 13.1 Å². The molecule has 15 heavy (non-hydrogen) atoms. The second kappa shape index (κ2) is 4.21. The van der Waals surface area contributed by atoms with Crippen molar-refractivity contribution in [3.63, 3.8) is 0 Å². The van der Waals surface area contributed by atoms with Crippen LogP contribution in [-0.4, -0.2) is 30.3 Å². The van der Waals surface area contributed by atoms with Crippen LogP contribution in [-0.2, 0) is 0 Å². The van der Waals surface area contributed by atoms with E-state index in [0.717, 1.165) is 18.7 Å². The van der Waals surface area contributed by atoms with E-state index < -0.39 is 5.60 Å². The largest absolute Gasteiger partial charge is 0.387 e. The third-order valence-corrected chi connectivity index (χ3v) is 2.89. The van der Waals surface area contributed by atoms with E-state index in [9.17, 15) is 5.11 Å². The Morgan fingerprint density at radius 1 is 1.40 bits per heavy atom. The molecule has 3 nitrogen and oxygen atoms in total. The highest BCUT2D eigenvalue weighted by Gasteiger charge is 2.30. The van der Waals surface area contributed by atoms with Crippen molar-refractivity contribution in [1.29, 1.82) is 0 Å². The molecule has 1 aliphatic heterocycles. The molecule has 3 N–H and O–H groups in total. The minimum absolute atomic E-state index is 0.578. The molecule has 1 heterocycles. The maximum atomic E-state index is 10.1. The highest BCUT2D eigenvalue weighted by molar-refractivity contribution is 5.44. The summed E-state index contributed by atoms with van der Waals surface area (Å²) < 4.78 is 0. The van der Waals surface area contributed by atoms with Gasteiger partial charge in [0.2, 0.25) is 0 Å². The van der Waals surface area contributed by atoms with Gasteiger partial charge in [0.05, 0.1) is 5.60 Å². The van der Waals surface area contributed by atoms with Gasteiger partial charge in [0.15, 0.2) is 0 Å². The van der Waals surface area contributed by atoms with Crippen LogP contribution >= 0.6 is 0 Å². The van der Waals surface area contributed by atoms with E-state index in [1.165, 1.54) is 5.56 Å². The highest BCUT2D eigenvalue weighted by atomic mass is 16.3. The summed E-state index contributed by atoms with van der Waals surface area (Å²) in [6, 6.07) is 8.22. The molecule has 1 unspecified atom stereocenters. The van der Waals surface area contributed by atoms with Gasteiger partial charge in [-0.05, 0) is 32.0 Å². The molecule has 3 heteroatoms. The second-order valence-electron chi connectivity index (χ2n) is 4.37. The van der Waals surface area contributed by atoms with Crippen LogP contribution in [0.1, 0.15) is 12.0 Å². The van der Waals surface area contributed by atoms with Crippen LogP contribution in [0.4, 0.5) is 5.69 Å². The summed E-state index contributed by atoms with van der Waals surface area (Å²) in [6.07, 6.45) is 0.825. The number of rotatable bonds is 3. The second-order valence-corrected chi connectivity index (χ2v) is 4.37. The van der Waals surface area contributed by atoms with E-state index in [-0.39, 0.29) is 0 Å². The van der Waals surface area contributed by atoms with Crippen LogP contribution in [0.15, 0.2) is 24.3 Å². The molecule has 2 rings (SSSR count). The van der Waals surface area contributed by atoms with Crippen molar-refractivity contribution in [2.75, 3.05) is 25.0 Å². The third kappa shape index (κ3) is 2.70. The summed E-state index contributed by atoms with van der Waals surface area (Å²) in [5, 5.41) is 16.5. The Labute approximate surface area is 90.5 Å². The van der Waals surface area contributed by atoms with Gasteiger partial charge >= 0.3 is 0 Å². The first-order valence-electron chi connectivity index (χ1n) is 5.42. The first-order chi connectivity index (χ1) is 7.18. The summed E-state index contributed by atoms with van der Waals surface area (Å²) in [7, 11) is 0. The molecule has 82 valence electrons. The van der Waals surface area contributed by atoms with Gasteiger partial charge in [0.25, 0.3) is 0 Å². The smallest absolute Gasteiger partial charge is 0.0954 e. The van der Waals surface area contributed by atoms with Crippen LogP contribution in [0.3, 0.4) is 0 Å². The first kappa shape index (κ1) is 10.5. The monoisotopic (exact) mass is 206 g/mol. The maximum absolute atomic E-state index is 10.1. The fourth-order valence-electron chi connectivity index (χ4n) is 1.82. The van der Waals surface area contributed by atoms with Crippen LogP contribution in [0, 0.1) is 6.92 Å². The van der Waals surface area contributed by atoms with Gasteiger partial charge in [0.1, 0.15) is 0 Å². The Morgan fingerprint density at radius 3 is 2.73 bits per heavy atom. The third-order valence-electron chi connectivity index (χ3n) is 2.89. The number of aryl methyl sites for hydroxylation is 1. The lowest BCUT2D eigenvalue weighted by molar-refractivity contribution is 0.0752. The van der Waals surface area contributed by atoms with E-state index in [1.807, 2.05) is 12.1 Å². The molecule has 1 aromatic carbocycles. The number of hydrogen-bond donors (Lipinski definition) is 3. The van der Waals surface area contributed by atoms with E-state index in [4.69, 9.17) is 0 Å². The summed E-state index contributed by atoms with van der Waals surface area (Å²) in [5.74, 6) is 0. The van der Waals surface area contributed by atoms with Crippen LogP contribution in [0.5, 0.6) is 0 Å². The molecule has 1 atom stereocenters. The summed E-state index contributed by atoms with van der Waals surface area (Å²) in [6.45, 7) is 4.28. The van der Waals surface area contributed by atoms with Crippen molar-refractivity contribution in [1.82, 2.24) is 5.32 Å². The molecule has 0 aliphatic carbocycles. The van der Waals surface area contributed by atoms with E-state index in [1.54, 1.807) is 0 Å². The van der Waals surface area contributed by atoms with Gasteiger partial charge in [-0.3, -0.25) is 0 Å². The topological polar surface area (TPSA) is 44.3 Å². The Bertz CT molecular complexity index is 315. The lowest BCUT2D eigenvalue weighted by Gasteiger charge is -2.22. The SMILES string of the molecule is Cc1ccc(NCC2(O)CCNC2)cc1. The zero-order valence-electron chi connectivity index (χ0n) is 9.09. The molecule has 0 bridgehead atoms. The maximum Gasteiger partial charge on any atom is 0.0954 e. The van der Waals surface area contributed by atoms with Crippen LogP contribution < -0.4 is 10.6 Å². The normalized spacial score (nSPS) is 25.5. The number of benzene rings is 1. The Balaban J connectivity index is 1.90. The molecule has 0 spiro atoms. The molecule has 1 saturated heterocycles. The van der Waals surface area contributed by atoms with E-state index >= 15 is 0 Å². The molecule has 0 saturated carbocycles. The number of anilines is 1. The first-order valence-corrected chi connectivity index (χ1v) is 5.42. The predicted molar refractivity (Wildman–Crippen MR) is 62.1 cm³/mol. The van der Waals surface area contributed by atoms with Crippen molar-refractivity contribution < 1.29 is 5.11 Å². The molecule has 1 aliphatic rings. The Morgan fingerprint density at radius 2 is 2.13 bits per heavy atom. The average Bonchev–Trinajstić information content (AvgIpc) is 2.65. The lowest BCUT2D eigenvalue weighted by Crippen LogP contribution is -2.38. The number of hydrogen-bond acceptors (Lipinski definition) is 3. The van der Waals surface area contributed by atoms with Gasteiger partial charge in [0, 0.05) is 18.8 Å². The van der Waals surface area contributed by atoms with Gasteiger partial charge in [-0.2, -0.15) is 0 Å². The van der Waals surface area contributed by atoms with Gasteiger partial charge < -0.3 is 15.7 Å². The molecular weight excluding hydrogens is 188 g/mol. The molecule has 0 aromatic heterocycles. The number of β-amino-alcohol motifs (C(OH)–C–C–N with tert-alkyl or cyclic N) is 1. The van der Waals surface area contributed by atoms with Crippen LogP contribution in [0.2, 0.25) is 0 Å². The average molecular weight is 206 g/mol. The standard InChI is InChI=1S/C12H18N2O/c1-10-2-4-11(5-3-10)14-9-12(15)6-7-13-8-12/h2-5,13-15H,6-9H2,1H3. The minimum Gasteiger partial charge on any atom is -0.387 e. The van der Waals surface area contributed by atoms with Crippen molar-refractivity contribution >= 4 is 5.69 Å². The predicted octanol–water partition coefficient (Wildman–Crippen LogP) is 1.13. The van der Waals surface area contributed by atoms with Crippen molar-refractivity contribution in [2.45, 2.75) is 18.9 Å². The number of nitrogens with one attached hydrogen (secondary N) is 2. The van der Waals surface area contributed by atoms with Gasteiger partial charge in [-0.25, -0.2) is 0 Å². The fraction of sp³-hybridized carbons (Fsp3) is 0.500. The van der Waals surface area contributed by atoms with Gasteiger partial charge in [-0.15, -0.1) is 0 Å².